The summed E-state index contributed by atoms with van der Waals surface area (Å²) in [6, 6.07) is 0. The Morgan fingerprint density at radius 3 is 1.84 bits per heavy atom. The van der Waals surface area contributed by atoms with E-state index in [-0.39, 0.29) is 3.58 Å². The highest BCUT2D eigenvalue weighted by molar-refractivity contribution is 14.1. The molecule has 0 aliphatic carbocycles. The first-order valence-electron chi connectivity index (χ1n) is 4.76. The van der Waals surface area contributed by atoms with Gasteiger partial charge in [-0.2, -0.15) is 26.3 Å². The van der Waals surface area contributed by atoms with E-state index in [4.69, 9.17) is 10.2 Å². The first kappa shape index (κ1) is 18.9. The van der Waals surface area contributed by atoms with Gasteiger partial charge in [0.25, 0.3) is 5.60 Å². The first-order chi connectivity index (χ1) is 8.22. The molecule has 2 N–H and O–H groups in total. The fourth-order valence-corrected chi connectivity index (χ4v) is 1.30. The van der Waals surface area contributed by atoms with E-state index < -0.39 is 36.8 Å². The Labute approximate surface area is 118 Å². The smallest absolute Gasteiger partial charge is 0.374 e. The highest BCUT2D eigenvalue weighted by Crippen LogP contribution is 2.46. The molecule has 2 unspecified atom stereocenters. The quantitative estimate of drug-likeness (QED) is 0.418. The van der Waals surface area contributed by atoms with Gasteiger partial charge in [-0.05, 0) is 29.5 Å². The van der Waals surface area contributed by atoms with Gasteiger partial charge in [-0.3, -0.25) is 0 Å². The number of alkyl halides is 6. The van der Waals surface area contributed by atoms with Gasteiger partial charge in [-0.25, -0.2) is 0 Å². The summed E-state index contributed by atoms with van der Waals surface area (Å²) in [4.78, 5) is 0. The van der Waals surface area contributed by atoms with E-state index in [2.05, 4.69) is 11.3 Å². The SMILES string of the molecule is C=C(I)C(O)OC(C)CC(O)(C(F)(F)F)C(F)(F)F. The van der Waals surface area contributed by atoms with Crippen LogP contribution in [-0.4, -0.2) is 40.6 Å². The van der Waals surface area contributed by atoms with E-state index >= 15 is 0 Å². The minimum absolute atomic E-state index is 0.0213. The highest BCUT2D eigenvalue weighted by atomic mass is 127. The third-order valence-corrected chi connectivity index (χ3v) is 2.68. The van der Waals surface area contributed by atoms with Crippen LogP contribution in [0.25, 0.3) is 0 Å². The molecule has 0 saturated heterocycles. The minimum atomic E-state index is -5.91. The van der Waals surface area contributed by atoms with Crippen LogP contribution < -0.4 is 0 Å². The molecule has 3 nitrogen and oxygen atoms in total. The second-order valence-electron chi connectivity index (χ2n) is 3.81. The third-order valence-electron chi connectivity index (χ3n) is 2.15. The summed E-state index contributed by atoms with van der Waals surface area (Å²) >= 11 is 1.49. The fourth-order valence-electron chi connectivity index (χ4n) is 1.15. The molecule has 0 radical (unpaired) electrons. The molecule has 19 heavy (non-hydrogen) atoms. The van der Waals surface area contributed by atoms with E-state index in [1.165, 1.54) is 22.6 Å². The van der Waals surface area contributed by atoms with Gasteiger partial charge in [0.2, 0.25) is 0 Å². The summed E-state index contributed by atoms with van der Waals surface area (Å²) in [7, 11) is 0. The summed E-state index contributed by atoms with van der Waals surface area (Å²) < 4.78 is 78.6. The van der Waals surface area contributed by atoms with E-state index in [1.807, 2.05) is 0 Å². The highest BCUT2D eigenvalue weighted by Gasteiger charge is 2.70. The Kier molecular flexibility index (Phi) is 6.12. The summed E-state index contributed by atoms with van der Waals surface area (Å²) in [5.41, 5.74) is -4.90. The number of hydrogen-bond donors (Lipinski definition) is 2. The standard InChI is InChI=1S/C9H11F6IO3/c1-4(19-6(17)5(2)16)3-7(18,8(10,11)12)9(13,14)15/h4,6,17-18H,2-3H2,1H3. The first-order valence-corrected chi connectivity index (χ1v) is 5.84. The Hall–Kier alpha value is -0.0700. The van der Waals surface area contributed by atoms with E-state index in [1.54, 1.807) is 0 Å². The van der Waals surface area contributed by atoms with Gasteiger partial charge in [0, 0.05) is 10.0 Å². The average Bonchev–Trinajstić information content (AvgIpc) is 2.13. The van der Waals surface area contributed by atoms with Crippen LogP contribution in [0.15, 0.2) is 10.2 Å². The number of hydrogen-bond acceptors (Lipinski definition) is 3. The lowest BCUT2D eigenvalue weighted by molar-refractivity contribution is -0.375. The molecule has 0 aromatic rings. The van der Waals surface area contributed by atoms with Crippen molar-refractivity contribution in [2.75, 3.05) is 0 Å². The van der Waals surface area contributed by atoms with E-state index in [0.717, 1.165) is 6.92 Å². The predicted octanol–water partition coefficient (Wildman–Crippen LogP) is 2.90. The number of aliphatic hydroxyl groups excluding tert-OH is 1. The zero-order chi connectivity index (χ0) is 15.6. The van der Waals surface area contributed by atoms with Gasteiger partial charge in [0.1, 0.15) is 0 Å². The van der Waals surface area contributed by atoms with Crippen molar-refractivity contribution < 1.29 is 41.3 Å². The number of halogens is 7. The van der Waals surface area contributed by atoms with Crippen LogP contribution in [0.3, 0.4) is 0 Å². The van der Waals surface area contributed by atoms with Crippen LogP contribution >= 0.6 is 22.6 Å². The zero-order valence-corrected chi connectivity index (χ0v) is 11.7. The fraction of sp³-hybridized carbons (Fsp3) is 0.778. The molecule has 0 aromatic carbocycles. The van der Waals surface area contributed by atoms with E-state index in [9.17, 15) is 26.3 Å². The molecule has 0 spiro atoms. The van der Waals surface area contributed by atoms with Gasteiger partial charge < -0.3 is 14.9 Å². The Bertz CT molecular complexity index is 313. The van der Waals surface area contributed by atoms with Gasteiger partial charge in [-0.1, -0.05) is 6.58 Å². The number of aliphatic hydroxyl groups is 2. The molecule has 0 aliphatic rings. The largest absolute Gasteiger partial charge is 0.426 e. The van der Waals surface area contributed by atoms with Crippen LogP contribution in [0.5, 0.6) is 0 Å². The second-order valence-corrected chi connectivity index (χ2v) is 5.19. The molecule has 0 amide bonds. The van der Waals surface area contributed by atoms with Crippen molar-refractivity contribution in [2.45, 2.75) is 43.7 Å². The van der Waals surface area contributed by atoms with Crippen LogP contribution in [0.1, 0.15) is 13.3 Å². The lowest BCUT2D eigenvalue weighted by Crippen LogP contribution is -2.58. The second kappa shape index (κ2) is 6.14. The minimum Gasteiger partial charge on any atom is -0.374 e. The molecule has 0 fully saturated rings. The lowest BCUT2D eigenvalue weighted by Gasteiger charge is -2.34. The monoisotopic (exact) mass is 408 g/mol. The van der Waals surface area contributed by atoms with Crippen molar-refractivity contribution in [3.05, 3.63) is 10.2 Å². The molecule has 0 rings (SSSR count). The summed E-state index contributed by atoms with van der Waals surface area (Å²) in [6.45, 7) is 4.07. The summed E-state index contributed by atoms with van der Waals surface area (Å²) in [5.74, 6) is 0. The summed E-state index contributed by atoms with van der Waals surface area (Å²) in [5, 5.41) is 18.0. The van der Waals surface area contributed by atoms with Crippen LogP contribution in [-0.2, 0) is 4.74 Å². The van der Waals surface area contributed by atoms with Gasteiger partial charge in [0.15, 0.2) is 6.29 Å². The molecule has 0 heterocycles. The normalized spacial score (nSPS) is 17.2. The van der Waals surface area contributed by atoms with Crippen molar-refractivity contribution in [3.8, 4) is 0 Å². The molecular formula is C9H11F6IO3. The molecule has 114 valence electrons. The van der Waals surface area contributed by atoms with E-state index in [0.29, 0.717) is 0 Å². The molecule has 0 saturated carbocycles. The van der Waals surface area contributed by atoms with Crippen molar-refractivity contribution >= 4 is 22.6 Å². The van der Waals surface area contributed by atoms with Crippen molar-refractivity contribution in [3.63, 3.8) is 0 Å². The van der Waals surface area contributed by atoms with Crippen LogP contribution in [0.2, 0.25) is 0 Å². The van der Waals surface area contributed by atoms with Gasteiger partial charge in [0.05, 0.1) is 6.10 Å². The van der Waals surface area contributed by atoms with Gasteiger partial charge >= 0.3 is 12.4 Å². The summed E-state index contributed by atoms with van der Waals surface area (Å²) in [6.07, 6.45) is -17.0. The zero-order valence-electron chi connectivity index (χ0n) is 9.52. The molecule has 0 aromatic heterocycles. The predicted molar refractivity (Wildman–Crippen MR) is 61.4 cm³/mol. The average molecular weight is 408 g/mol. The van der Waals surface area contributed by atoms with Crippen molar-refractivity contribution in [1.29, 1.82) is 0 Å². The topological polar surface area (TPSA) is 49.7 Å². The maximum Gasteiger partial charge on any atom is 0.426 e. The molecule has 0 aliphatic heterocycles. The Morgan fingerprint density at radius 2 is 1.58 bits per heavy atom. The Balaban J connectivity index is 5.02. The molecule has 10 heteroatoms. The maximum absolute atomic E-state index is 12.3. The maximum atomic E-state index is 12.3. The number of ether oxygens (including phenoxy) is 1. The van der Waals surface area contributed by atoms with Crippen LogP contribution in [0.4, 0.5) is 26.3 Å². The van der Waals surface area contributed by atoms with Gasteiger partial charge in [-0.15, -0.1) is 0 Å². The lowest BCUT2D eigenvalue weighted by atomic mass is 9.95. The molecular weight excluding hydrogens is 397 g/mol. The number of rotatable bonds is 5. The van der Waals surface area contributed by atoms with Crippen LogP contribution in [0, 0.1) is 0 Å². The third kappa shape index (κ3) is 4.76. The Morgan fingerprint density at radius 1 is 1.21 bits per heavy atom. The van der Waals surface area contributed by atoms with Crippen molar-refractivity contribution in [1.82, 2.24) is 0 Å². The molecule has 2 atom stereocenters. The molecule has 0 bridgehead atoms. The van der Waals surface area contributed by atoms with Crippen molar-refractivity contribution in [2.24, 2.45) is 0 Å².